The van der Waals surface area contributed by atoms with Crippen LogP contribution < -0.4 is 29.2 Å². The van der Waals surface area contributed by atoms with Crippen LogP contribution in [0, 0.1) is 0 Å². The molecular weight excluding hydrogens is 1060 g/mol. The number of hydrogen-bond acceptors (Lipinski definition) is 8. The second kappa shape index (κ2) is 23.4. The molecule has 0 N–H and O–H groups in total. The molecule has 8 heteroatoms. The summed E-state index contributed by atoms with van der Waals surface area (Å²) in [5.74, 6) is 1.35. The number of rotatable bonds is 17. The standard InChI is InChI=1S/C76H55N5OS2/c1-8-27-56(28-9-1)77(57-29-10-2-11-30-57)64-47-65(49-66(48-64)80(61-37-18-6-19-38-61)73-54-83-75-45-24-22-43-71(73)75)79(60-35-16-5-17-36-60)63-41-26-42-69(51-63)82-70-52-67(78(58-31-12-3-13-32-58)59-33-14-4-15-34-59)50-68(53-70)81(62-39-20-7-21-40-62)74-55-84-76-46-25-23-44-72(74)76/h1-55H. The summed E-state index contributed by atoms with van der Waals surface area (Å²) >= 11 is 3.51. The van der Waals surface area contributed by atoms with Gasteiger partial charge in [0.25, 0.3) is 0 Å². The molecule has 2 heterocycles. The highest BCUT2D eigenvalue weighted by Gasteiger charge is 2.26. The lowest BCUT2D eigenvalue weighted by Crippen LogP contribution is -2.16. The van der Waals surface area contributed by atoms with Crippen molar-refractivity contribution >= 4 is 128 Å². The van der Waals surface area contributed by atoms with E-state index < -0.39 is 0 Å². The molecule has 2 aromatic heterocycles. The average molecular weight is 1120 g/mol. The first-order valence-electron chi connectivity index (χ1n) is 28.0. The second-order valence-corrected chi connectivity index (χ2v) is 22.1. The minimum absolute atomic E-state index is 0.676. The first-order chi connectivity index (χ1) is 41.7. The molecule has 0 bridgehead atoms. The largest absolute Gasteiger partial charge is 0.457 e. The number of fused-ring (bicyclic) bond motifs is 2. The van der Waals surface area contributed by atoms with Crippen LogP contribution in [0.15, 0.2) is 332 Å². The summed E-state index contributed by atoms with van der Waals surface area (Å²) in [5.41, 5.74) is 15.1. The van der Waals surface area contributed by atoms with Gasteiger partial charge >= 0.3 is 0 Å². The van der Waals surface area contributed by atoms with Crippen LogP contribution in [0.3, 0.4) is 0 Å². The Morgan fingerprint density at radius 2 is 0.464 bits per heavy atom. The summed E-state index contributed by atoms with van der Waals surface area (Å²) in [6, 6.07) is 114. The molecule has 0 spiro atoms. The van der Waals surface area contributed by atoms with Crippen LogP contribution in [-0.4, -0.2) is 0 Å². The molecule has 0 radical (unpaired) electrons. The van der Waals surface area contributed by atoms with Gasteiger partial charge in [0.05, 0.1) is 39.8 Å². The van der Waals surface area contributed by atoms with Crippen LogP contribution in [0.2, 0.25) is 0 Å². The van der Waals surface area contributed by atoms with Gasteiger partial charge in [0.15, 0.2) is 0 Å². The number of nitrogens with zero attached hydrogens (tertiary/aromatic N) is 5. The Hall–Kier alpha value is -10.6. The Morgan fingerprint density at radius 1 is 0.202 bits per heavy atom. The Balaban J connectivity index is 0.958. The third kappa shape index (κ3) is 10.5. The molecule has 402 valence electrons. The lowest BCUT2D eigenvalue weighted by atomic mass is 10.1. The van der Waals surface area contributed by atoms with E-state index in [1.807, 2.05) is 0 Å². The van der Waals surface area contributed by atoms with E-state index in [2.05, 4.69) is 357 Å². The number of para-hydroxylation sites is 7. The summed E-state index contributed by atoms with van der Waals surface area (Å²) in [6.45, 7) is 0. The summed E-state index contributed by atoms with van der Waals surface area (Å²) in [5, 5.41) is 6.91. The Bertz CT molecular complexity index is 4410. The maximum Gasteiger partial charge on any atom is 0.131 e. The van der Waals surface area contributed by atoms with E-state index in [1.165, 1.54) is 20.2 Å². The van der Waals surface area contributed by atoms with Gasteiger partial charge in [-0.3, -0.25) is 0 Å². The molecule has 0 aliphatic heterocycles. The van der Waals surface area contributed by atoms with Gasteiger partial charge in [-0.2, -0.15) is 0 Å². The van der Waals surface area contributed by atoms with Gasteiger partial charge in [-0.25, -0.2) is 0 Å². The Kier molecular flexibility index (Phi) is 14.4. The van der Waals surface area contributed by atoms with Gasteiger partial charge in [0.1, 0.15) is 11.5 Å². The van der Waals surface area contributed by atoms with Crippen molar-refractivity contribution in [2.24, 2.45) is 0 Å². The lowest BCUT2D eigenvalue weighted by molar-refractivity contribution is 0.483. The van der Waals surface area contributed by atoms with Crippen molar-refractivity contribution in [3.63, 3.8) is 0 Å². The molecular formula is C76H55N5OS2. The van der Waals surface area contributed by atoms with Gasteiger partial charge in [-0.15, -0.1) is 22.7 Å². The van der Waals surface area contributed by atoms with Crippen molar-refractivity contribution in [2.75, 3.05) is 24.5 Å². The minimum Gasteiger partial charge on any atom is -0.457 e. The number of anilines is 15. The molecule has 12 aromatic carbocycles. The molecule has 0 saturated carbocycles. The molecule has 0 aliphatic rings. The highest BCUT2D eigenvalue weighted by molar-refractivity contribution is 7.18. The minimum atomic E-state index is 0.676. The maximum absolute atomic E-state index is 7.33. The van der Waals surface area contributed by atoms with Crippen LogP contribution in [0.5, 0.6) is 11.5 Å². The van der Waals surface area contributed by atoms with Crippen molar-refractivity contribution in [1.82, 2.24) is 0 Å². The lowest BCUT2D eigenvalue weighted by Gasteiger charge is -2.33. The van der Waals surface area contributed by atoms with Crippen molar-refractivity contribution in [3.8, 4) is 11.5 Å². The zero-order valence-electron chi connectivity index (χ0n) is 45.7. The maximum atomic E-state index is 7.33. The molecule has 0 saturated heterocycles. The molecule has 0 atom stereocenters. The van der Waals surface area contributed by atoms with Gasteiger partial charge in [-0.05, 0) is 133 Å². The van der Waals surface area contributed by atoms with Crippen molar-refractivity contribution in [1.29, 1.82) is 0 Å². The fourth-order valence-corrected chi connectivity index (χ4v) is 13.0. The first kappa shape index (κ1) is 51.5. The number of thiophene rings is 2. The molecule has 84 heavy (non-hydrogen) atoms. The fraction of sp³-hybridized carbons (Fsp3) is 0. The zero-order valence-corrected chi connectivity index (χ0v) is 47.3. The number of ether oxygens (including phenoxy) is 1. The van der Waals surface area contributed by atoms with E-state index in [9.17, 15) is 0 Å². The van der Waals surface area contributed by atoms with Gasteiger partial charge in [0.2, 0.25) is 0 Å². The molecule has 0 amide bonds. The second-order valence-electron chi connectivity index (χ2n) is 20.3. The van der Waals surface area contributed by atoms with E-state index in [4.69, 9.17) is 4.74 Å². The quantitative estimate of drug-likeness (QED) is 0.0901. The van der Waals surface area contributed by atoms with E-state index in [0.717, 1.165) is 85.3 Å². The van der Waals surface area contributed by atoms with Crippen LogP contribution >= 0.6 is 22.7 Å². The summed E-state index contributed by atoms with van der Waals surface area (Å²) in [6.07, 6.45) is 0. The van der Waals surface area contributed by atoms with Crippen molar-refractivity contribution in [2.45, 2.75) is 0 Å². The average Bonchev–Trinajstić information content (AvgIpc) is 2.84. The SMILES string of the molecule is c1ccc(N(c2ccccc2)c2cc(Oc3cccc(N(c4ccccc4)c4cc(N(c5ccccc5)c5ccccc5)cc(N(c5ccccc5)c5csc6ccccc56)c4)c3)cc(N(c3ccccc3)c3csc4ccccc34)c2)cc1. The molecule has 14 rings (SSSR count). The normalized spacial score (nSPS) is 11.1. The van der Waals surface area contributed by atoms with E-state index >= 15 is 0 Å². The summed E-state index contributed by atoms with van der Waals surface area (Å²) in [7, 11) is 0. The third-order valence-corrected chi connectivity index (χ3v) is 16.8. The van der Waals surface area contributed by atoms with E-state index in [0.29, 0.717) is 11.5 Å². The number of benzene rings is 12. The smallest absolute Gasteiger partial charge is 0.131 e. The van der Waals surface area contributed by atoms with Crippen LogP contribution in [0.4, 0.5) is 85.3 Å². The first-order valence-corrected chi connectivity index (χ1v) is 29.8. The molecule has 0 aliphatic carbocycles. The summed E-state index contributed by atoms with van der Waals surface area (Å²) < 4.78 is 9.77. The third-order valence-electron chi connectivity index (χ3n) is 14.9. The van der Waals surface area contributed by atoms with Crippen LogP contribution in [-0.2, 0) is 0 Å². The molecule has 14 aromatic rings. The predicted molar refractivity (Wildman–Crippen MR) is 357 cm³/mol. The topological polar surface area (TPSA) is 25.4 Å². The van der Waals surface area contributed by atoms with Crippen molar-refractivity contribution < 1.29 is 4.74 Å². The van der Waals surface area contributed by atoms with Gasteiger partial charge in [-0.1, -0.05) is 170 Å². The highest BCUT2D eigenvalue weighted by Crippen LogP contribution is 2.50. The van der Waals surface area contributed by atoms with Crippen LogP contribution in [0.25, 0.3) is 20.2 Å². The van der Waals surface area contributed by atoms with Crippen LogP contribution in [0.1, 0.15) is 0 Å². The molecule has 6 nitrogen and oxygen atoms in total. The fourth-order valence-electron chi connectivity index (χ4n) is 11.2. The Labute approximate surface area is 498 Å². The van der Waals surface area contributed by atoms with E-state index in [1.54, 1.807) is 22.7 Å². The monoisotopic (exact) mass is 1120 g/mol. The van der Waals surface area contributed by atoms with Crippen molar-refractivity contribution in [3.05, 3.63) is 332 Å². The number of hydrogen-bond donors (Lipinski definition) is 0. The predicted octanol–water partition coefficient (Wildman–Crippen LogP) is 23.3. The zero-order chi connectivity index (χ0) is 56.0. The highest BCUT2D eigenvalue weighted by atomic mass is 32.1. The summed E-state index contributed by atoms with van der Waals surface area (Å²) in [4.78, 5) is 11.7. The van der Waals surface area contributed by atoms with Gasteiger partial charge in [0, 0.05) is 94.6 Å². The Morgan fingerprint density at radius 3 is 0.833 bits per heavy atom. The van der Waals surface area contributed by atoms with E-state index in [-0.39, 0.29) is 0 Å². The molecule has 0 unspecified atom stereocenters. The van der Waals surface area contributed by atoms with Gasteiger partial charge < -0.3 is 29.2 Å². The molecule has 0 fully saturated rings.